The molecule has 20 heavy (non-hydrogen) atoms. The van der Waals surface area contributed by atoms with Crippen molar-refractivity contribution >= 4 is 17.5 Å². The van der Waals surface area contributed by atoms with Crippen LogP contribution in [-0.4, -0.2) is 5.16 Å². The highest BCUT2D eigenvalue weighted by atomic mass is 35.5. The van der Waals surface area contributed by atoms with Gasteiger partial charge in [0.05, 0.1) is 11.3 Å². The number of halogens is 1. The molecule has 4 rings (SSSR count). The quantitative estimate of drug-likeness (QED) is 0.886. The SMILES string of the molecule is Nc1onc(C2C3CCCCC32)c1-c1cccc(Cl)c1. The number of nitrogen functional groups attached to an aromatic ring is 1. The maximum Gasteiger partial charge on any atom is 0.230 e. The summed E-state index contributed by atoms with van der Waals surface area (Å²) in [5.74, 6) is 2.51. The molecule has 1 heterocycles. The van der Waals surface area contributed by atoms with Gasteiger partial charge in [0.1, 0.15) is 0 Å². The van der Waals surface area contributed by atoms with E-state index in [1.165, 1.54) is 25.7 Å². The minimum absolute atomic E-state index is 0.408. The first-order chi connectivity index (χ1) is 9.75. The van der Waals surface area contributed by atoms with Crippen LogP contribution in [0.2, 0.25) is 5.02 Å². The molecule has 3 nitrogen and oxygen atoms in total. The number of nitrogens with two attached hydrogens (primary N) is 1. The minimum Gasteiger partial charge on any atom is -0.367 e. The van der Waals surface area contributed by atoms with Crippen LogP contribution in [0.15, 0.2) is 28.8 Å². The molecule has 2 N–H and O–H groups in total. The van der Waals surface area contributed by atoms with Crippen LogP contribution in [0.3, 0.4) is 0 Å². The first kappa shape index (κ1) is 12.3. The van der Waals surface area contributed by atoms with E-state index in [2.05, 4.69) is 5.16 Å². The lowest BCUT2D eigenvalue weighted by Crippen LogP contribution is -1.91. The summed E-state index contributed by atoms with van der Waals surface area (Å²) in [6.07, 6.45) is 5.32. The van der Waals surface area contributed by atoms with Crippen LogP contribution in [0.4, 0.5) is 5.88 Å². The summed E-state index contributed by atoms with van der Waals surface area (Å²) in [4.78, 5) is 0. The average Bonchev–Trinajstić information content (AvgIpc) is 3.06. The Morgan fingerprint density at radius 3 is 2.65 bits per heavy atom. The van der Waals surface area contributed by atoms with Gasteiger partial charge in [0.2, 0.25) is 5.88 Å². The third-order valence-electron chi connectivity index (χ3n) is 4.83. The van der Waals surface area contributed by atoms with Gasteiger partial charge in [-0.2, -0.15) is 0 Å². The summed E-state index contributed by atoms with van der Waals surface area (Å²) in [5, 5.41) is 4.98. The number of rotatable bonds is 2. The van der Waals surface area contributed by atoms with Crippen LogP contribution in [-0.2, 0) is 0 Å². The van der Waals surface area contributed by atoms with Gasteiger partial charge < -0.3 is 10.3 Å². The fourth-order valence-corrected chi connectivity index (χ4v) is 4.07. The first-order valence-corrected chi connectivity index (χ1v) is 7.64. The molecule has 2 aromatic rings. The lowest BCUT2D eigenvalue weighted by molar-refractivity contribution is 0.426. The second-order valence-corrected chi connectivity index (χ2v) is 6.39. The zero-order chi connectivity index (χ0) is 13.7. The predicted octanol–water partition coefficient (Wildman–Crippen LogP) is 4.48. The Kier molecular flexibility index (Phi) is 2.77. The zero-order valence-corrected chi connectivity index (χ0v) is 11.9. The van der Waals surface area contributed by atoms with Gasteiger partial charge in [0, 0.05) is 10.9 Å². The van der Waals surface area contributed by atoms with Crippen LogP contribution >= 0.6 is 11.6 Å². The lowest BCUT2D eigenvalue weighted by atomic mass is 10.0. The molecule has 0 saturated heterocycles. The van der Waals surface area contributed by atoms with Crippen LogP contribution < -0.4 is 5.73 Å². The second-order valence-electron chi connectivity index (χ2n) is 5.96. The Morgan fingerprint density at radius 2 is 1.95 bits per heavy atom. The summed E-state index contributed by atoms with van der Waals surface area (Å²) in [6, 6.07) is 7.75. The number of benzene rings is 1. The molecule has 2 aliphatic rings. The number of nitrogens with zero attached hydrogens (tertiary/aromatic N) is 1. The monoisotopic (exact) mass is 288 g/mol. The molecule has 2 aliphatic carbocycles. The lowest BCUT2D eigenvalue weighted by Gasteiger charge is -2.04. The van der Waals surface area contributed by atoms with Crippen LogP contribution in [0.5, 0.6) is 0 Å². The second kappa shape index (κ2) is 4.52. The minimum atomic E-state index is 0.408. The van der Waals surface area contributed by atoms with Crippen molar-refractivity contribution in [1.82, 2.24) is 5.16 Å². The summed E-state index contributed by atoms with van der Waals surface area (Å²) < 4.78 is 5.28. The number of anilines is 1. The molecule has 2 saturated carbocycles. The van der Waals surface area contributed by atoms with Gasteiger partial charge in [0.25, 0.3) is 0 Å². The van der Waals surface area contributed by atoms with Gasteiger partial charge in [-0.25, -0.2) is 0 Å². The van der Waals surface area contributed by atoms with Crippen molar-refractivity contribution in [3.05, 3.63) is 35.0 Å². The standard InChI is InChI=1S/C16H17ClN2O/c17-10-5-3-4-9(8-10)13-15(19-20-16(13)18)14-11-6-1-2-7-12(11)14/h3-5,8,11-12,14H,1-2,6-7,18H2. The van der Waals surface area contributed by atoms with Gasteiger partial charge in [0.15, 0.2) is 0 Å². The molecule has 104 valence electrons. The highest BCUT2D eigenvalue weighted by Gasteiger charge is 2.53. The number of hydrogen-bond acceptors (Lipinski definition) is 3. The smallest absolute Gasteiger partial charge is 0.230 e. The van der Waals surface area contributed by atoms with Gasteiger partial charge in [-0.15, -0.1) is 0 Å². The molecule has 2 fully saturated rings. The number of hydrogen-bond donors (Lipinski definition) is 1. The summed E-state index contributed by atoms with van der Waals surface area (Å²) in [7, 11) is 0. The molecule has 0 spiro atoms. The van der Waals surface area contributed by atoms with Gasteiger partial charge in [-0.3, -0.25) is 0 Å². The molecule has 2 unspecified atom stereocenters. The van der Waals surface area contributed by atoms with E-state index in [1.807, 2.05) is 24.3 Å². The van der Waals surface area contributed by atoms with Crippen molar-refractivity contribution in [2.75, 3.05) is 5.73 Å². The van der Waals surface area contributed by atoms with E-state index in [-0.39, 0.29) is 0 Å². The first-order valence-electron chi connectivity index (χ1n) is 7.26. The van der Waals surface area contributed by atoms with Crippen molar-refractivity contribution in [3.63, 3.8) is 0 Å². The zero-order valence-electron chi connectivity index (χ0n) is 11.2. The largest absolute Gasteiger partial charge is 0.367 e. The number of fused-ring (bicyclic) bond motifs is 1. The van der Waals surface area contributed by atoms with Crippen molar-refractivity contribution < 1.29 is 4.52 Å². The van der Waals surface area contributed by atoms with Crippen LogP contribution in [0.1, 0.15) is 37.3 Å². The topological polar surface area (TPSA) is 52.0 Å². The van der Waals surface area contributed by atoms with Gasteiger partial charge in [-0.05, 0) is 42.4 Å². The fourth-order valence-electron chi connectivity index (χ4n) is 3.88. The highest BCUT2D eigenvalue weighted by Crippen LogP contribution is 2.62. The molecule has 0 bridgehead atoms. The summed E-state index contributed by atoms with van der Waals surface area (Å²) >= 11 is 6.09. The van der Waals surface area contributed by atoms with E-state index < -0.39 is 0 Å². The Bertz CT molecular complexity index is 640. The highest BCUT2D eigenvalue weighted by molar-refractivity contribution is 6.30. The third kappa shape index (κ3) is 1.84. The fraction of sp³-hybridized carbons (Fsp3) is 0.438. The third-order valence-corrected chi connectivity index (χ3v) is 5.07. The van der Waals surface area contributed by atoms with Crippen molar-refractivity contribution in [2.24, 2.45) is 11.8 Å². The van der Waals surface area contributed by atoms with E-state index in [0.29, 0.717) is 16.8 Å². The van der Waals surface area contributed by atoms with E-state index in [4.69, 9.17) is 21.9 Å². The Morgan fingerprint density at radius 1 is 1.20 bits per heavy atom. The van der Waals surface area contributed by atoms with E-state index in [0.717, 1.165) is 28.7 Å². The molecular weight excluding hydrogens is 272 g/mol. The Labute approximate surface area is 123 Å². The van der Waals surface area contributed by atoms with E-state index in [1.54, 1.807) is 0 Å². The molecule has 4 heteroatoms. The van der Waals surface area contributed by atoms with E-state index >= 15 is 0 Å². The normalized spacial score (nSPS) is 28.1. The Hall–Kier alpha value is -1.48. The van der Waals surface area contributed by atoms with Gasteiger partial charge >= 0.3 is 0 Å². The number of aromatic nitrogens is 1. The maximum absolute atomic E-state index is 6.09. The van der Waals surface area contributed by atoms with Crippen molar-refractivity contribution in [1.29, 1.82) is 0 Å². The molecule has 0 aliphatic heterocycles. The Balaban J connectivity index is 1.75. The van der Waals surface area contributed by atoms with E-state index in [9.17, 15) is 0 Å². The van der Waals surface area contributed by atoms with Crippen LogP contribution in [0, 0.1) is 11.8 Å². The summed E-state index contributed by atoms with van der Waals surface area (Å²) in [5.41, 5.74) is 9.01. The molecular formula is C16H17ClN2O. The van der Waals surface area contributed by atoms with Crippen molar-refractivity contribution in [3.8, 4) is 11.1 Å². The molecule has 0 amide bonds. The molecule has 1 aromatic carbocycles. The maximum atomic E-state index is 6.09. The molecule has 1 aromatic heterocycles. The van der Waals surface area contributed by atoms with Crippen LogP contribution in [0.25, 0.3) is 11.1 Å². The molecule has 0 radical (unpaired) electrons. The summed E-state index contributed by atoms with van der Waals surface area (Å²) in [6.45, 7) is 0. The molecule has 2 atom stereocenters. The average molecular weight is 289 g/mol. The predicted molar refractivity (Wildman–Crippen MR) is 79.6 cm³/mol. The van der Waals surface area contributed by atoms with Crippen molar-refractivity contribution in [2.45, 2.75) is 31.6 Å². The van der Waals surface area contributed by atoms with Gasteiger partial charge in [-0.1, -0.05) is 41.7 Å².